The van der Waals surface area contributed by atoms with Crippen LogP contribution in [0.5, 0.6) is 11.5 Å². The lowest BCUT2D eigenvalue weighted by molar-refractivity contribution is -0.182. The number of nitrogens with zero attached hydrogens (tertiary/aromatic N) is 1. The summed E-state index contributed by atoms with van der Waals surface area (Å²) in [4.78, 5) is 6.17. The highest BCUT2D eigenvalue weighted by Crippen LogP contribution is 2.54. The summed E-state index contributed by atoms with van der Waals surface area (Å²) in [6.45, 7) is 9.17. The van der Waals surface area contributed by atoms with Crippen LogP contribution in [-0.4, -0.2) is 38.0 Å². The van der Waals surface area contributed by atoms with Crippen molar-refractivity contribution in [3.63, 3.8) is 0 Å². The fourth-order valence-corrected chi connectivity index (χ4v) is 5.20. The monoisotopic (exact) mass is 333 g/mol. The maximum absolute atomic E-state index is 6.17. The number of rotatable bonds is 3. The minimum Gasteiger partial charge on any atom is -0.497 e. The van der Waals surface area contributed by atoms with Crippen LogP contribution in [0.2, 0.25) is 0 Å². The van der Waals surface area contributed by atoms with E-state index in [2.05, 4.69) is 45.9 Å². The van der Waals surface area contributed by atoms with Gasteiger partial charge in [0.1, 0.15) is 11.5 Å². The van der Waals surface area contributed by atoms with Crippen molar-refractivity contribution in [2.24, 2.45) is 11.8 Å². The van der Waals surface area contributed by atoms with Gasteiger partial charge in [0.05, 0.1) is 19.8 Å². The molecule has 4 heteroatoms. The highest BCUT2D eigenvalue weighted by molar-refractivity contribution is 5.45. The molecule has 134 valence electrons. The summed E-state index contributed by atoms with van der Waals surface area (Å²) in [6.07, 6.45) is 2.22. The fourth-order valence-electron chi connectivity index (χ4n) is 5.20. The van der Waals surface area contributed by atoms with Gasteiger partial charge in [-0.25, -0.2) is 0 Å². The fraction of sp³-hybridized carbons (Fsp3) is 0.700. The molecule has 4 nitrogen and oxygen atoms in total. The second-order valence-electron chi connectivity index (χ2n) is 8.35. The first kappa shape index (κ1) is 17.6. The van der Waals surface area contributed by atoms with Crippen molar-refractivity contribution in [2.45, 2.75) is 57.6 Å². The zero-order valence-corrected chi connectivity index (χ0v) is 16.1. The molecule has 2 fully saturated rings. The average molecular weight is 333 g/mol. The summed E-state index contributed by atoms with van der Waals surface area (Å²) < 4.78 is 11.1. The van der Waals surface area contributed by atoms with Crippen molar-refractivity contribution >= 4 is 0 Å². The summed E-state index contributed by atoms with van der Waals surface area (Å²) in [5, 5.41) is 2.10. The zero-order valence-electron chi connectivity index (χ0n) is 16.1. The number of hydroxylamine groups is 2. The minimum absolute atomic E-state index is 0.0734. The molecule has 0 amide bonds. The van der Waals surface area contributed by atoms with Gasteiger partial charge in [-0.05, 0) is 44.1 Å². The molecule has 1 aromatic rings. The number of hydrogen-bond donors (Lipinski definition) is 0. The van der Waals surface area contributed by atoms with Crippen LogP contribution in [0.15, 0.2) is 18.2 Å². The lowest BCUT2D eigenvalue weighted by Crippen LogP contribution is -2.48. The Labute approximate surface area is 146 Å². The third-order valence-electron chi connectivity index (χ3n) is 6.19. The van der Waals surface area contributed by atoms with E-state index >= 15 is 0 Å². The molecule has 1 aliphatic carbocycles. The van der Waals surface area contributed by atoms with E-state index in [9.17, 15) is 0 Å². The summed E-state index contributed by atoms with van der Waals surface area (Å²) >= 11 is 0. The highest BCUT2D eigenvalue weighted by atomic mass is 16.7. The first-order valence-electron chi connectivity index (χ1n) is 8.86. The number of fused-ring (bicyclic) bond motifs is 1. The Morgan fingerprint density at radius 1 is 1.12 bits per heavy atom. The van der Waals surface area contributed by atoms with E-state index in [0.29, 0.717) is 17.9 Å². The Kier molecular flexibility index (Phi) is 4.33. The second kappa shape index (κ2) is 5.92. The molecule has 0 spiro atoms. The van der Waals surface area contributed by atoms with E-state index in [1.54, 1.807) is 14.2 Å². The Morgan fingerprint density at radius 3 is 2.46 bits per heavy atom. The predicted octanol–water partition coefficient (Wildman–Crippen LogP) is 4.03. The molecule has 3 rings (SSSR count). The molecule has 0 aromatic heterocycles. The zero-order chi connectivity index (χ0) is 17.7. The molecular formula is C20H31NO3. The third kappa shape index (κ3) is 2.70. The first-order valence-corrected chi connectivity index (χ1v) is 8.86. The van der Waals surface area contributed by atoms with Crippen molar-refractivity contribution in [1.82, 2.24) is 5.06 Å². The van der Waals surface area contributed by atoms with Crippen LogP contribution in [0.3, 0.4) is 0 Å². The molecular weight excluding hydrogens is 302 g/mol. The normalized spacial score (nSPS) is 35.5. The largest absolute Gasteiger partial charge is 0.497 e. The van der Waals surface area contributed by atoms with Crippen LogP contribution in [0.4, 0.5) is 0 Å². The molecule has 1 aliphatic heterocycles. The van der Waals surface area contributed by atoms with Crippen LogP contribution in [0.25, 0.3) is 0 Å². The Balaban J connectivity index is 2.00. The standard InChI is InChI=1S/C20H31NO3/c1-13-11-20(4,12-16-18(13)21(5)24-19(16,2)3)15-9-8-14(22-6)10-17(15)23-7/h8-10,13,16,18H,11-12H2,1-7H3. The second-order valence-corrected chi connectivity index (χ2v) is 8.35. The van der Waals surface area contributed by atoms with Gasteiger partial charge in [0.15, 0.2) is 0 Å². The lowest BCUT2D eigenvalue weighted by atomic mass is 9.59. The average Bonchev–Trinajstić information content (AvgIpc) is 2.75. The van der Waals surface area contributed by atoms with Gasteiger partial charge in [-0.2, -0.15) is 5.06 Å². The van der Waals surface area contributed by atoms with Gasteiger partial charge >= 0.3 is 0 Å². The Morgan fingerprint density at radius 2 is 1.83 bits per heavy atom. The van der Waals surface area contributed by atoms with Crippen LogP contribution in [0, 0.1) is 11.8 Å². The Bertz CT molecular complexity index is 615. The Hall–Kier alpha value is -1.26. The number of methoxy groups -OCH3 is 2. The highest BCUT2D eigenvalue weighted by Gasteiger charge is 2.55. The smallest absolute Gasteiger partial charge is 0.126 e. The quantitative estimate of drug-likeness (QED) is 0.835. The summed E-state index contributed by atoms with van der Waals surface area (Å²) in [5.74, 6) is 2.83. The molecule has 4 unspecified atom stereocenters. The molecule has 1 aromatic carbocycles. The van der Waals surface area contributed by atoms with Crippen molar-refractivity contribution < 1.29 is 14.3 Å². The maximum atomic E-state index is 6.17. The van der Waals surface area contributed by atoms with E-state index in [1.165, 1.54) is 5.56 Å². The molecule has 2 aliphatic rings. The van der Waals surface area contributed by atoms with E-state index in [-0.39, 0.29) is 11.0 Å². The molecule has 24 heavy (non-hydrogen) atoms. The van der Waals surface area contributed by atoms with Crippen LogP contribution in [0.1, 0.15) is 46.1 Å². The van der Waals surface area contributed by atoms with E-state index in [1.807, 2.05) is 12.1 Å². The van der Waals surface area contributed by atoms with Crippen molar-refractivity contribution in [3.05, 3.63) is 23.8 Å². The van der Waals surface area contributed by atoms with Crippen molar-refractivity contribution in [2.75, 3.05) is 21.3 Å². The van der Waals surface area contributed by atoms with Gasteiger partial charge in [0, 0.05) is 30.6 Å². The summed E-state index contributed by atoms with van der Waals surface area (Å²) in [6, 6.07) is 6.71. The summed E-state index contributed by atoms with van der Waals surface area (Å²) in [5.41, 5.74) is 1.22. The van der Waals surface area contributed by atoms with Crippen molar-refractivity contribution in [3.8, 4) is 11.5 Å². The summed E-state index contributed by atoms with van der Waals surface area (Å²) in [7, 11) is 5.52. The third-order valence-corrected chi connectivity index (χ3v) is 6.19. The van der Waals surface area contributed by atoms with Crippen molar-refractivity contribution in [1.29, 1.82) is 0 Å². The van der Waals surface area contributed by atoms with Gasteiger partial charge in [-0.3, -0.25) is 4.84 Å². The van der Waals surface area contributed by atoms with Gasteiger partial charge in [-0.1, -0.05) is 19.9 Å². The van der Waals surface area contributed by atoms with Crippen LogP contribution >= 0.6 is 0 Å². The van der Waals surface area contributed by atoms with E-state index in [4.69, 9.17) is 14.3 Å². The number of hydrogen-bond acceptors (Lipinski definition) is 4. The van der Waals surface area contributed by atoms with E-state index in [0.717, 1.165) is 24.3 Å². The van der Waals surface area contributed by atoms with Gasteiger partial charge < -0.3 is 9.47 Å². The molecule has 0 radical (unpaired) electrons. The molecule has 0 N–H and O–H groups in total. The van der Waals surface area contributed by atoms with Gasteiger partial charge in [-0.15, -0.1) is 0 Å². The minimum atomic E-state index is -0.130. The van der Waals surface area contributed by atoms with Crippen LogP contribution < -0.4 is 9.47 Å². The van der Waals surface area contributed by atoms with Crippen LogP contribution in [-0.2, 0) is 10.3 Å². The molecule has 0 bridgehead atoms. The first-order chi connectivity index (χ1) is 11.2. The molecule has 1 saturated carbocycles. The molecule has 1 heterocycles. The molecule has 1 saturated heterocycles. The number of ether oxygens (including phenoxy) is 2. The number of benzene rings is 1. The van der Waals surface area contributed by atoms with Gasteiger partial charge in [0.2, 0.25) is 0 Å². The maximum Gasteiger partial charge on any atom is 0.126 e. The topological polar surface area (TPSA) is 30.9 Å². The lowest BCUT2D eigenvalue weighted by Gasteiger charge is -2.46. The SMILES string of the molecule is COc1ccc(C2(C)CC(C)C3C(C2)C(C)(C)ON3C)c(OC)c1. The molecule has 4 atom stereocenters. The van der Waals surface area contributed by atoms with E-state index < -0.39 is 0 Å². The van der Waals surface area contributed by atoms with Gasteiger partial charge in [0.25, 0.3) is 0 Å². The predicted molar refractivity (Wildman–Crippen MR) is 95.5 cm³/mol.